The molecular formula is C12H17N7O2. The van der Waals surface area contributed by atoms with Crippen LogP contribution in [0.3, 0.4) is 0 Å². The second-order valence-corrected chi connectivity index (χ2v) is 4.64. The molecule has 0 aliphatic carbocycles. The van der Waals surface area contributed by atoms with Crippen molar-refractivity contribution in [3.8, 4) is 0 Å². The molecule has 2 aromatic rings. The van der Waals surface area contributed by atoms with Crippen LogP contribution in [-0.4, -0.2) is 45.4 Å². The lowest BCUT2D eigenvalue weighted by Crippen LogP contribution is -2.31. The molecule has 2 aromatic heterocycles. The van der Waals surface area contributed by atoms with Gasteiger partial charge in [-0.2, -0.15) is 19.6 Å². The van der Waals surface area contributed by atoms with Gasteiger partial charge in [0.25, 0.3) is 5.78 Å². The lowest BCUT2D eigenvalue weighted by atomic mass is 10.4. The van der Waals surface area contributed by atoms with Gasteiger partial charge in [-0.1, -0.05) is 0 Å². The predicted octanol–water partition coefficient (Wildman–Crippen LogP) is 0.797. The molecule has 0 saturated carbocycles. The number of carbonyl (C=O) groups excluding carboxylic acids is 1. The minimum atomic E-state index is -0.551. The summed E-state index contributed by atoms with van der Waals surface area (Å²) in [5.74, 6) is 1.88. The van der Waals surface area contributed by atoms with Crippen LogP contribution < -0.4 is 15.8 Å². The van der Waals surface area contributed by atoms with Crippen molar-refractivity contribution < 1.29 is 9.53 Å². The van der Waals surface area contributed by atoms with Crippen LogP contribution in [0.4, 0.5) is 16.4 Å². The molecule has 0 atom stereocenters. The summed E-state index contributed by atoms with van der Waals surface area (Å²) in [6.45, 7) is 4.00. The third kappa shape index (κ3) is 2.81. The first kappa shape index (κ1) is 13.4. The van der Waals surface area contributed by atoms with Crippen molar-refractivity contribution in [2.24, 2.45) is 0 Å². The zero-order valence-corrected chi connectivity index (χ0v) is 11.7. The minimum absolute atomic E-state index is 0.307. The number of ether oxygens (including phenoxy) is 1. The number of carbonyl (C=O) groups is 1. The smallest absolute Gasteiger partial charge is 0.425 e. The van der Waals surface area contributed by atoms with Gasteiger partial charge < -0.3 is 9.64 Å². The highest BCUT2D eigenvalue weighted by Crippen LogP contribution is 2.21. The second-order valence-electron chi connectivity index (χ2n) is 4.64. The van der Waals surface area contributed by atoms with Crippen molar-refractivity contribution in [2.45, 2.75) is 19.8 Å². The van der Waals surface area contributed by atoms with Crippen molar-refractivity contribution in [2.75, 3.05) is 30.0 Å². The van der Waals surface area contributed by atoms with Crippen LogP contribution in [0.15, 0.2) is 12.4 Å². The van der Waals surface area contributed by atoms with Crippen LogP contribution in [0.1, 0.15) is 19.8 Å². The standard InChI is InChI=1S/C12H17N7O2/c1-2-21-12(20)17-16-10-7-9(18-5-3-4-6-18)15-11-13-8-14-19(10)11/h7-8,16H,2-6H2,1H3,(H,17,20). The predicted molar refractivity (Wildman–Crippen MR) is 76.0 cm³/mol. The molecule has 0 spiro atoms. The molecule has 9 heteroatoms. The average molecular weight is 291 g/mol. The van der Waals surface area contributed by atoms with Crippen molar-refractivity contribution in [1.29, 1.82) is 0 Å². The number of nitrogens with zero attached hydrogens (tertiary/aromatic N) is 5. The van der Waals surface area contributed by atoms with Gasteiger partial charge in [-0.05, 0) is 19.8 Å². The molecule has 0 bridgehead atoms. The van der Waals surface area contributed by atoms with Gasteiger partial charge in [0.15, 0.2) is 5.82 Å². The lowest BCUT2D eigenvalue weighted by Gasteiger charge is -2.18. The maximum absolute atomic E-state index is 11.4. The molecule has 0 radical (unpaired) electrons. The monoisotopic (exact) mass is 291 g/mol. The van der Waals surface area contributed by atoms with E-state index in [-0.39, 0.29) is 0 Å². The molecule has 2 N–H and O–H groups in total. The highest BCUT2D eigenvalue weighted by atomic mass is 16.5. The van der Waals surface area contributed by atoms with E-state index in [2.05, 4.69) is 30.8 Å². The maximum Gasteiger partial charge on any atom is 0.425 e. The number of fused-ring (bicyclic) bond motifs is 1. The molecule has 1 aliphatic rings. The Morgan fingerprint density at radius 2 is 2.24 bits per heavy atom. The molecule has 3 rings (SSSR count). The molecule has 3 heterocycles. The van der Waals surface area contributed by atoms with Gasteiger partial charge in [-0.15, -0.1) is 0 Å². The normalized spacial score (nSPS) is 14.4. The minimum Gasteiger partial charge on any atom is -0.449 e. The highest BCUT2D eigenvalue weighted by molar-refractivity contribution is 5.69. The summed E-state index contributed by atoms with van der Waals surface area (Å²) in [5.41, 5.74) is 5.25. The number of rotatable bonds is 4. The van der Waals surface area contributed by atoms with Gasteiger partial charge in [-0.25, -0.2) is 10.2 Å². The molecule has 1 saturated heterocycles. The third-order valence-electron chi connectivity index (χ3n) is 3.24. The van der Waals surface area contributed by atoms with E-state index in [1.165, 1.54) is 10.8 Å². The summed E-state index contributed by atoms with van der Waals surface area (Å²) >= 11 is 0. The Balaban J connectivity index is 1.84. The van der Waals surface area contributed by atoms with Gasteiger partial charge in [0, 0.05) is 19.2 Å². The zero-order valence-electron chi connectivity index (χ0n) is 11.7. The summed E-state index contributed by atoms with van der Waals surface area (Å²) in [7, 11) is 0. The summed E-state index contributed by atoms with van der Waals surface area (Å²) in [6, 6.07) is 1.83. The van der Waals surface area contributed by atoms with Gasteiger partial charge in [0.1, 0.15) is 12.1 Å². The number of hydrogen-bond acceptors (Lipinski definition) is 7. The number of anilines is 2. The largest absolute Gasteiger partial charge is 0.449 e. The Morgan fingerprint density at radius 3 is 3.00 bits per heavy atom. The number of aromatic nitrogens is 4. The Kier molecular flexibility index (Phi) is 3.71. The quantitative estimate of drug-likeness (QED) is 0.804. The number of nitrogens with one attached hydrogen (secondary N) is 2. The summed E-state index contributed by atoms with van der Waals surface area (Å²) in [5, 5.41) is 4.08. The number of amides is 1. The summed E-state index contributed by atoms with van der Waals surface area (Å²) in [4.78, 5) is 22.1. The molecule has 1 aliphatic heterocycles. The molecule has 0 unspecified atom stereocenters. The van der Waals surface area contributed by atoms with Crippen LogP contribution in [0.5, 0.6) is 0 Å². The Morgan fingerprint density at radius 1 is 1.43 bits per heavy atom. The first-order chi connectivity index (χ1) is 10.3. The average Bonchev–Trinajstić information content (AvgIpc) is 3.15. The van der Waals surface area contributed by atoms with Crippen molar-refractivity contribution >= 4 is 23.5 Å². The molecule has 112 valence electrons. The van der Waals surface area contributed by atoms with Gasteiger partial charge in [0.05, 0.1) is 6.61 Å². The van der Waals surface area contributed by atoms with E-state index in [1.807, 2.05) is 6.07 Å². The molecule has 9 nitrogen and oxygen atoms in total. The fourth-order valence-corrected chi connectivity index (χ4v) is 2.28. The number of hydrogen-bond donors (Lipinski definition) is 2. The highest BCUT2D eigenvalue weighted by Gasteiger charge is 2.17. The SMILES string of the molecule is CCOC(=O)NNc1cc(N2CCCC2)nc2ncnn12. The van der Waals surface area contributed by atoms with E-state index < -0.39 is 6.09 Å². The number of hydrazine groups is 1. The Bertz CT molecular complexity index is 636. The third-order valence-corrected chi connectivity index (χ3v) is 3.24. The van der Waals surface area contributed by atoms with Gasteiger partial charge >= 0.3 is 6.09 Å². The fraction of sp³-hybridized carbons (Fsp3) is 0.500. The first-order valence-electron chi connectivity index (χ1n) is 6.92. The van der Waals surface area contributed by atoms with Crippen LogP contribution in [0, 0.1) is 0 Å². The Hall–Kier alpha value is -2.58. The van der Waals surface area contributed by atoms with E-state index in [4.69, 9.17) is 4.74 Å². The maximum atomic E-state index is 11.4. The molecule has 0 aromatic carbocycles. The molecule has 1 fully saturated rings. The van der Waals surface area contributed by atoms with Crippen LogP contribution in [-0.2, 0) is 4.74 Å². The van der Waals surface area contributed by atoms with E-state index in [1.54, 1.807) is 6.92 Å². The topological polar surface area (TPSA) is 96.7 Å². The zero-order chi connectivity index (χ0) is 14.7. The second kappa shape index (κ2) is 5.81. The molecular weight excluding hydrogens is 274 g/mol. The van der Waals surface area contributed by atoms with Crippen molar-refractivity contribution in [3.63, 3.8) is 0 Å². The summed E-state index contributed by atoms with van der Waals surface area (Å²) in [6.07, 6.45) is 3.18. The van der Waals surface area contributed by atoms with E-state index in [0.717, 1.165) is 31.7 Å². The molecule has 1 amide bonds. The van der Waals surface area contributed by atoms with Crippen molar-refractivity contribution in [3.05, 3.63) is 12.4 Å². The fourth-order valence-electron chi connectivity index (χ4n) is 2.28. The van der Waals surface area contributed by atoms with E-state index in [0.29, 0.717) is 18.2 Å². The van der Waals surface area contributed by atoms with E-state index in [9.17, 15) is 4.79 Å². The molecule has 21 heavy (non-hydrogen) atoms. The van der Waals surface area contributed by atoms with Crippen LogP contribution >= 0.6 is 0 Å². The van der Waals surface area contributed by atoms with Gasteiger partial charge in [-0.3, -0.25) is 5.43 Å². The lowest BCUT2D eigenvalue weighted by molar-refractivity contribution is 0.154. The first-order valence-corrected chi connectivity index (χ1v) is 6.92. The van der Waals surface area contributed by atoms with Gasteiger partial charge in [0.2, 0.25) is 0 Å². The van der Waals surface area contributed by atoms with E-state index >= 15 is 0 Å². The summed E-state index contributed by atoms with van der Waals surface area (Å²) < 4.78 is 6.32. The Labute approximate surface area is 121 Å². The van der Waals surface area contributed by atoms with Crippen LogP contribution in [0.2, 0.25) is 0 Å². The van der Waals surface area contributed by atoms with Crippen molar-refractivity contribution in [1.82, 2.24) is 25.0 Å². The van der Waals surface area contributed by atoms with Crippen LogP contribution in [0.25, 0.3) is 5.78 Å².